The third kappa shape index (κ3) is 3.86. The molecule has 0 aliphatic carbocycles. The fraction of sp³-hybridized carbons (Fsp3) is 0.667. The van der Waals surface area contributed by atoms with Gasteiger partial charge in [-0.25, -0.2) is 4.39 Å². The summed E-state index contributed by atoms with van der Waals surface area (Å²) in [5, 5.41) is 0. The predicted molar refractivity (Wildman–Crippen MR) is 84.4 cm³/mol. The number of likely N-dealkylation sites (tertiary alicyclic amines) is 1. The molecule has 1 aromatic carbocycles. The van der Waals surface area contributed by atoms with Crippen LogP contribution in [0.15, 0.2) is 24.3 Å². The van der Waals surface area contributed by atoms with E-state index in [1.54, 1.807) is 7.11 Å². The minimum Gasteiger partial charge on any atom is -0.383 e. The molecule has 2 fully saturated rings. The van der Waals surface area contributed by atoms with E-state index in [4.69, 9.17) is 9.47 Å². The maximum Gasteiger partial charge on any atom is 0.123 e. The lowest BCUT2D eigenvalue weighted by Gasteiger charge is -2.38. The van der Waals surface area contributed by atoms with Crippen LogP contribution in [0.1, 0.15) is 24.8 Å². The molecule has 122 valence electrons. The van der Waals surface area contributed by atoms with Gasteiger partial charge in [0, 0.05) is 13.7 Å². The number of rotatable bonds is 5. The zero-order valence-electron chi connectivity index (χ0n) is 13.4. The van der Waals surface area contributed by atoms with Crippen molar-refractivity contribution in [2.75, 3.05) is 40.0 Å². The largest absolute Gasteiger partial charge is 0.383 e. The van der Waals surface area contributed by atoms with Crippen LogP contribution in [-0.4, -0.2) is 51.0 Å². The Hall–Kier alpha value is -0.970. The second-order valence-electron chi connectivity index (χ2n) is 6.80. The molecule has 1 atom stereocenters. The SMILES string of the molecule is COCCN1CCC2(CC1)CO[C@H](Cc1ccc(F)cc1)C2. The van der Waals surface area contributed by atoms with Gasteiger partial charge in [-0.1, -0.05) is 12.1 Å². The molecule has 0 saturated carbocycles. The van der Waals surface area contributed by atoms with E-state index in [1.165, 1.54) is 30.5 Å². The number of methoxy groups -OCH3 is 1. The van der Waals surface area contributed by atoms with Gasteiger partial charge in [-0.2, -0.15) is 0 Å². The maximum absolute atomic E-state index is 13.0. The van der Waals surface area contributed by atoms with E-state index in [1.807, 2.05) is 12.1 Å². The van der Waals surface area contributed by atoms with Gasteiger partial charge in [-0.05, 0) is 61.9 Å². The number of nitrogens with zero attached hydrogens (tertiary/aromatic N) is 1. The van der Waals surface area contributed by atoms with Crippen molar-refractivity contribution in [3.63, 3.8) is 0 Å². The second kappa shape index (κ2) is 7.07. The van der Waals surface area contributed by atoms with E-state index in [0.29, 0.717) is 5.41 Å². The molecule has 0 radical (unpaired) electrons. The first-order valence-corrected chi connectivity index (χ1v) is 8.26. The van der Waals surface area contributed by atoms with Crippen LogP contribution in [0.2, 0.25) is 0 Å². The van der Waals surface area contributed by atoms with Gasteiger partial charge >= 0.3 is 0 Å². The summed E-state index contributed by atoms with van der Waals surface area (Å²) >= 11 is 0. The van der Waals surface area contributed by atoms with Crippen molar-refractivity contribution in [3.8, 4) is 0 Å². The van der Waals surface area contributed by atoms with Crippen LogP contribution in [0, 0.1) is 11.2 Å². The van der Waals surface area contributed by atoms with Gasteiger partial charge in [0.05, 0.1) is 19.3 Å². The van der Waals surface area contributed by atoms with Gasteiger partial charge in [0.25, 0.3) is 0 Å². The molecule has 1 spiro atoms. The normalized spacial score (nSPS) is 24.9. The van der Waals surface area contributed by atoms with E-state index in [2.05, 4.69) is 4.90 Å². The molecule has 0 N–H and O–H groups in total. The molecule has 4 heteroatoms. The van der Waals surface area contributed by atoms with Crippen molar-refractivity contribution >= 4 is 0 Å². The fourth-order valence-electron chi connectivity index (χ4n) is 3.73. The second-order valence-corrected chi connectivity index (χ2v) is 6.80. The highest BCUT2D eigenvalue weighted by Gasteiger charge is 2.42. The molecule has 2 heterocycles. The Kier molecular flexibility index (Phi) is 5.11. The summed E-state index contributed by atoms with van der Waals surface area (Å²) in [6.07, 6.45) is 4.77. The Morgan fingerprint density at radius 1 is 1.27 bits per heavy atom. The van der Waals surface area contributed by atoms with E-state index in [-0.39, 0.29) is 11.9 Å². The lowest BCUT2D eigenvalue weighted by molar-refractivity contribution is 0.0558. The van der Waals surface area contributed by atoms with Crippen LogP contribution in [0.4, 0.5) is 4.39 Å². The highest BCUT2D eigenvalue weighted by molar-refractivity contribution is 5.17. The summed E-state index contributed by atoms with van der Waals surface area (Å²) in [5.41, 5.74) is 1.54. The first-order chi connectivity index (χ1) is 10.7. The van der Waals surface area contributed by atoms with Gasteiger partial charge in [-0.15, -0.1) is 0 Å². The van der Waals surface area contributed by atoms with Gasteiger partial charge in [-0.3, -0.25) is 0 Å². The summed E-state index contributed by atoms with van der Waals surface area (Å²) in [5.74, 6) is -0.170. The molecule has 0 bridgehead atoms. The highest BCUT2D eigenvalue weighted by atomic mass is 19.1. The van der Waals surface area contributed by atoms with E-state index in [0.717, 1.165) is 45.7 Å². The van der Waals surface area contributed by atoms with Crippen molar-refractivity contribution in [1.82, 2.24) is 4.90 Å². The van der Waals surface area contributed by atoms with E-state index >= 15 is 0 Å². The molecule has 0 unspecified atom stereocenters. The number of piperidine rings is 1. The zero-order chi connectivity index (χ0) is 15.4. The van der Waals surface area contributed by atoms with Gasteiger partial charge in [0.15, 0.2) is 0 Å². The van der Waals surface area contributed by atoms with Crippen LogP contribution in [0.25, 0.3) is 0 Å². The molecule has 22 heavy (non-hydrogen) atoms. The Morgan fingerprint density at radius 2 is 2.00 bits per heavy atom. The van der Waals surface area contributed by atoms with E-state index in [9.17, 15) is 4.39 Å². The van der Waals surface area contributed by atoms with Crippen LogP contribution in [0.5, 0.6) is 0 Å². The lowest BCUT2D eigenvalue weighted by Crippen LogP contribution is -2.41. The molecule has 3 rings (SSSR count). The standard InChI is InChI=1S/C18H26FNO2/c1-21-11-10-20-8-6-18(7-9-20)13-17(22-14-18)12-15-2-4-16(19)5-3-15/h2-5,17H,6-14H2,1H3/t17-/m1/s1. The van der Waals surface area contributed by atoms with Gasteiger partial charge in [0.2, 0.25) is 0 Å². The Balaban J connectivity index is 1.49. The van der Waals surface area contributed by atoms with Crippen molar-refractivity contribution in [3.05, 3.63) is 35.6 Å². The average molecular weight is 307 g/mol. The van der Waals surface area contributed by atoms with Crippen molar-refractivity contribution in [1.29, 1.82) is 0 Å². The topological polar surface area (TPSA) is 21.7 Å². The quantitative estimate of drug-likeness (QED) is 0.835. The maximum atomic E-state index is 13.0. The van der Waals surface area contributed by atoms with Crippen LogP contribution >= 0.6 is 0 Å². The Morgan fingerprint density at radius 3 is 2.68 bits per heavy atom. The van der Waals surface area contributed by atoms with Crippen molar-refractivity contribution < 1.29 is 13.9 Å². The van der Waals surface area contributed by atoms with Gasteiger partial charge in [0.1, 0.15) is 5.82 Å². The summed E-state index contributed by atoms with van der Waals surface area (Å²) in [7, 11) is 1.76. The number of benzene rings is 1. The average Bonchev–Trinajstić information content (AvgIpc) is 2.92. The first kappa shape index (κ1) is 15.9. The fourth-order valence-corrected chi connectivity index (χ4v) is 3.73. The molecular formula is C18H26FNO2. The number of hydrogen-bond donors (Lipinski definition) is 0. The Labute approximate surface area is 132 Å². The smallest absolute Gasteiger partial charge is 0.123 e. The van der Waals surface area contributed by atoms with Crippen molar-refractivity contribution in [2.24, 2.45) is 5.41 Å². The molecule has 2 aliphatic heterocycles. The predicted octanol–water partition coefficient (Wildman–Crippen LogP) is 2.89. The lowest BCUT2D eigenvalue weighted by atomic mass is 9.76. The van der Waals surface area contributed by atoms with Crippen LogP contribution in [-0.2, 0) is 15.9 Å². The number of halogens is 1. The molecular weight excluding hydrogens is 281 g/mol. The van der Waals surface area contributed by atoms with Crippen LogP contribution in [0.3, 0.4) is 0 Å². The third-order valence-corrected chi connectivity index (χ3v) is 5.19. The minimum absolute atomic E-state index is 0.170. The zero-order valence-corrected chi connectivity index (χ0v) is 13.4. The highest BCUT2D eigenvalue weighted by Crippen LogP contribution is 2.42. The number of hydrogen-bond acceptors (Lipinski definition) is 3. The summed E-state index contributed by atoms with van der Waals surface area (Å²) in [6.45, 7) is 5.03. The molecule has 2 saturated heterocycles. The van der Waals surface area contributed by atoms with Crippen LogP contribution < -0.4 is 0 Å². The monoisotopic (exact) mass is 307 g/mol. The number of ether oxygens (including phenoxy) is 2. The summed E-state index contributed by atoms with van der Waals surface area (Å²) in [4.78, 5) is 2.49. The van der Waals surface area contributed by atoms with Crippen molar-refractivity contribution in [2.45, 2.75) is 31.8 Å². The third-order valence-electron chi connectivity index (χ3n) is 5.19. The van der Waals surface area contributed by atoms with Gasteiger partial charge < -0.3 is 14.4 Å². The molecule has 2 aliphatic rings. The molecule has 3 nitrogen and oxygen atoms in total. The molecule has 0 aromatic heterocycles. The first-order valence-electron chi connectivity index (χ1n) is 8.26. The summed E-state index contributed by atoms with van der Waals surface area (Å²) in [6, 6.07) is 6.82. The van der Waals surface area contributed by atoms with E-state index < -0.39 is 0 Å². The Bertz CT molecular complexity index is 468. The summed E-state index contributed by atoms with van der Waals surface area (Å²) < 4.78 is 24.2. The molecule has 0 amide bonds. The minimum atomic E-state index is -0.170. The molecule has 1 aromatic rings.